The van der Waals surface area contributed by atoms with Gasteiger partial charge in [0.25, 0.3) is 0 Å². The van der Waals surface area contributed by atoms with Gasteiger partial charge in [-0.3, -0.25) is 0 Å². The van der Waals surface area contributed by atoms with E-state index in [1.54, 1.807) is 115 Å². The Morgan fingerprint density at radius 1 is 0.338 bits per heavy atom. The van der Waals surface area contributed by atoms with E-state index in [-0.39, 0.29) is 0 Å². The van der Waals surface area contributed by atoms with Crippen molar-refractivity contribution in [1.82, 2.24) is 0 Å². The number of anilines is 6. The van der Waals surface area contributed by atoms with Crippen molar-refractivity contribution in [3.05, 3.63) is 170 Å². The molecule has 0 N–H and O–H groups in total. The van der Waals surface area contributed by atoms with Gasteiger partial charge in [-0.25, -0.2) is 0 Å². The molecule has 0 fully saturated rings. The van der Waals surface area contributed by atoms with Gasteiger partial charge in [0.15, 0.2) is 0 Å². The first-order valence-corrected chi connectivity index (χ1v) is 76.9. The fraction of sp³-hybridized carbons (Fsp3) is 0.200. The van der Waals surface area contributed by atoms with Crippen LogP contribution in [-0.2, 0) is 196 Å². The second-order valence-electron chi connectivity index (χ2n) is 15.4. The zero-order valence-electron chi connectivity index (χ0n) is 41.7. The fourth-order valence-corrected chi connectivity index (χ4v) is 41.0. The summed E-state index contributed by atoms with van der Waals surface area (Å²) in [5, 5.41) is 2.36. The van der Waals surface area contributed by atoms with Crippen molar-refractivity contribution in [3.63, 3.8) is 0 Å². The van der Waals surface area contributed by atoms with Gasteiger partial charge in [0.05, 0.1) is 11.4 Å². The number of rotatable bonds is 6. The molecule has 6 aromatic rings. The van der Waals surface area contributed by atoms with Crippen molar-refractivity contribution in [2.75, 3.05) is 9.80 Å². The van der Waals surface area contributed by atoms with Crippen LogP contribution in [0.3, 0.4) is 0 Å². The molecule has 0 aliphatic heterocycles. The molecule has 0 saturated carbocycles. The molecule has 0 heterocycles. The van der Waals surface area contributed by atoms with Gasteiger partial charge in [0.1, 0.15) is 0 Å². The number of para-hydroxylation sites is 6. The van der Waals surface area contributed by atoms with Crippen LogP contribution in [0.4, 0.5) is 34.1 Å². The van der Waals surface area contributed by atoms with E-state index in [4.69, 9.17) is 8.92 Å². The minimum absolute atomic E-state index is 0.543. The second kappa shape index (κ2) is 52.9. The third-order valence-corrected chi connectivity index (χ3v) is 41.1. The third kappa shape index (κ3) is 44.6. The Morgan fingerprint density at radius 2 is 0.500 bits per heavy atom. The molecule has 0 saturated heterocycles. The maximum absolute atomic E-state index is 5.74. The van der Waals surface area contributed by atoms with Gasteiger partial charge in [-0.1, -0.05) is 109 Å². The average Bonchev–Trinajstić information content (AvgIpc) is 3.37. The second-order valence-corrected chi connectivity index (χ2v) is 83.2. The Morgan fingerprint density at radius 3 is 0.676 bits per heavy atom. The molecule has 0 aliphatic rings. The molecule has 29 heteroatoms. The van der Waals surface area contributed by atoms with Gasteiger partial charge < -0.3 is 9.80 Å². The van der Waals surface area contributed by atoms with Crippen molar-refractivity contribution in [3.8, 4) is 0 Å². The first-order valence-electron chi connectivity index (χ1n) is 21.1. The van der Waals surface area contributed by atoms with E-state index in [1.807, 2.05) is 24.3 Å². The van der Waals surface area contributed by atoms with Crippen LogP contribution in [-0.4, -0.2) is 56.8 Å². The van der Waals surface area contributed by atoms with Crippen molar-refractivity contribution in [2.24, 2.45) is 0 Å². The van der Waals surface area contributed by atoms with Crippen LogP contribution in [0.2, 0.25) is 44.5 Å². The van der Waals surface area contributed by atoms with Gasteiger partial charge in [0.2, 0.25) is 0 Å². The normalized spacial score (nSPS) is 9.27. The van der Waals surface area contributed by atoms with E-state index >= 15 is 0 Å². The zero-order chi connectivity index (χ0) is 55.2. The first kappa shape index (κ1) is 77.1. The number of nitrogens with zero attached hydrogens (tertiary/aromatic N) is 2. The topological polar surface area (TPSA) is 6.48 Å². The maximum atomic E-state index is 5.74. The summed E-state index contributed by atoms with van der Waals surface area (Å²) in [6.07, 6.45) is 0. The Balaban J connectivity index is 0.000000918. The van der Waals surface area contributed by atoms with E-state index in [0.717, 1.165) is 22.7 Å². The van der Waals surface area contributed by atoms with Crippen LogP contribution in [0.25, 0.3) is 0 Å². The standard InChI is InChI=1S/2C18H16NP.9CH3.ClH.S11.S10.3Sn/c2*20-18-14-8-7-13-17(18)19(15-9-3-1-4-10-15)16-11-5-2-6-12-16;;;;;;;;;;;1-3-5-7-9-11-10-8-6-4-2;1-3-5-7-9-10-8-6-4-2;;;/h2*1-14H,20H2;9*1H3;1H;;;;;/q;;;;;;;;;;;;;;;;+1/p-1. The molecule has 74 heavy (non-hydrogen) atoms. The van der Waals surface area contributed by atoms with Gasteiger partial charge in [-0.15, -0.1) is 18.5 Å². The zero-order valence-corrected chi connectivity index (χ0v) is 70.4. The summed E-state index contributed by atoms with van der Waals surface area (Å²) in [7, 11) is 38.5. The summed E-state index contributed by atoms with van der Waals surface area (Å²) < 4.78 is 0. The molecule has 2 radical (unpaired) electrons. The molecule has 2 atom stereocenters. The summed E-state index contributed by atoms with van der Waals surface area (Å²) in [4.78, 5) is 25.2. The van der Waals surface area contributed by atoms with Crippen LogP contribution in [0, 0.1) is 0 Å². The number of benzene rings is 6. The summed E-state index contributed by atoms with van der Waals surface area (Å²) >= 11 is 15.9. The first-order chi connectivity index (χ1) is 35.5. The Kier molecular flexibility index (Phi) is 55.1. The van der Waals surface area contributed by atoms with Crippen molar-refractivity contribution >= 4 is 325 Å². The Labute approximate surface area is 538 Å². The predicted octanol–water partition coefficient (Wildman–Crippen LogP) is 14.1. The molecular formula is C45H59ClN2P2S21Sn3. The quantitative estimate of drug-likeness (QED) is 0.120. The average molecular weight is 1750 g/mol. The molecular weight excluding hydrogens is 1700 g/mol. The molecule has 6 aromatic carbocycles. The van der Waals surface area contributed by atoms with E-state index < -0.39 is 56.8 Å². The van der Waals surface area contributed by atoms with E-state index in [0.29, 0.717) is 0 Å². The third-order valence-electron chi connectivity index (χ3n) is 6.83. The molecule has 2 nitrogen and oxygen atoms in total. The van der Waals surface area contributed by atoms with E-state index in [1.165, 1.54) is 57.5 Å². The molecule has 0 amide bonds. The molecule has 404 valence electrons. The van der Waals surface area contributed by atoms with Gasteiger partial charge in [0, 0.05) is 218 Å². The predicted molar refractivity (Wildman–Crippen MR) is 411 cm³/mol. The van der Waals surface area contributed by atoms with Crippen molar-refractivity contribution in [2.45, 2.75) is 44.5 Å². The van der Waals surface area contributed by atoms with Crippen LogP contribution in [0.5, 0.6) is 0 Å². The fourth-order valence-electron chi connectivity index (χ4n) is 4.69. The van der Waals surface area contributed by atoms with Gasteiger partial charge in [-0.2, -0.15) is 0 Å². The number of halogens is 1. The summed E-state index contributed by atoms with van der Waals surface area (Å²) in [5.74, 6) is 0. The van der Waals surface area contributed by atoms with Crippen molar-refractivity contribution < 1.29 is 0 Å². The molecule has 6 rings (SSSR count). The van der Waals surface area contributed by atoms with Gasteiger partial charge in [-0.05, 0) is 71.3 Å². The minimum atomic E-state index is -1.71. The van der Waals surface area contributed by atoms with Crippen LogP contribution >= 0.6 is 27.4 Å². The van der Waals surface area contributed by atoms with Gasteiger partial charge >= 0.3 is 110 Å². The summed E-state index contributed by atoms with van der Waals surface area (Å²) in [6.45, 7) is 0. The number of hydrogen-bond donors (Lipinski definition) is 0. The molecule has 0 bridgehead atoms. The number of hydrogen-bond acceptors (Lipinski definition) is 6. The Hall–Kier alpha value is 3.09. The van der Waals surface area contributed by atoms with Crippen LogP contribution < -0.4 is 20.4 Å². The Bertz CT molecular complexity index is 3000. The van der Waals surface area contributed by atoms with Crippen LogP contribution in [0.1, 0.15) is 0 Å². The monoisotopic (exact) mass is 1760 g/mol. The van der Waals surface area contributed by atoms with E-state index in [9.17, 15) is 0 Å². The summed E-state index contributed by atoms with van der Waals surface area (Å²) in [5.41, 5.74) is 6.99. The molecule has 2 unspecified atom stereocenters. The van der Waals surface area contributed by atoms with E-state index in [2.05, 4.69) is 263 Å². The summed E-state index contributed by atoms with van der Waals surface area (Å²) in [6, 6.07) is 58.5. The molecule has 0 aliphatic carbocycles. The van der Waals surface area contributed by atoms with Crippen LogP contribution in [0.15, 0.2) is 170 Å². The molecule has 0 aromatic heterocycles. The molecule has 0 spiro atoms. The van der Waals surface area contributed by atoms with Crippen molar-refractivity contribution in [1.29, 1.82) is 0 Å². The SMILES string of the molecule is Pc1ccccc1N(c1ccccc1)c1ccccc1.Pc1ccccc1N(c1ccccc1)c1ccccc1.S=S=S=S=S=S=S=S=S=S.S=S=S=S=S=S=S=S=S=S=S.[CH3][Sn]([CH3])([CH3])[Cl].[CH3][Sn]([CH3])[CH3].[CH3][Sn]([CH3])[CH3].